The van der Waals surface area contributed by atoms with Crippen LogP contribution in [0.2, 0.25) is 0 Å². The Labute approximate surface area is 177 Å². The van der Waals surface area contributed by atoms with Crippen LogP contribution in [0.15, 0.2) is 47.0 Å². The second-order valence-corrected chi connectivity index (χ2v) is 7.31. The minimum absolute atomic E-state index is 0.175. The highest BCUT2D eigenvalue weighted by molar-refractivity contribution is 5.90. The molecule has 1 aromatic heterocycles. The van der Waals surface area contributed by atoms with Gasteiger partial charge in [-0.1, -0.05) is 36.3 Å². The number of ether oxygens (including phenoxy) is 1. The number of hydrogen-bond donors (Lipinski definition) is 1. The van der Waals surface area contributed by atoms with E-state index in [0.29, 0.717) is 24.7 Å². The molecule has 3 rings (SSSR count). The Morgan fingerprint density at radius 2 is 1.93 bits per heavy atom. The summed E-state index contributed by atoms with van der Waals surface area (Å²) in [6.45, 7) is 6.75. The molecule has 2 aromatic carbocycles. The molecular formula is C23H28N4O3. The molecule has 1 heterocycles. The normalized spacial score (nSPS) is 10.7. The number of aryl methyl sites for hydroxylation is 3. The largest absolute Gasteiger partial charge is 0.484 e. The molecule has 7 heteroatoms. The highest BCUT2D eigenvalue weighted by Gasteiger charge is 2.13. The van der Waals surface area contributed by atoms with Gasteiger partial charge in [0, 0.05) is 25.7 Å². The average molecular weight is 409 g/mol. The molecule has 158 valence electrons. The van der Waals surface area contributed by atoms with Gasteiger partial charge in [0.25, 0.3) is 5.89 Å². The van der Waals surface area contributed by atoms with Gasteiger partial charge < -0.3 is 19.5 Å². The van der Waals surface area contributed by atoms with Crippen LogP contribution in [0.3, 0.4) is 0 Å². The van der Waals surface area contributed by atoms with Crippen molar-refractivity contribution >= 4 is 11.7 Å². The number of benzene rings is 2. The first-order chi connectivity index (χ1) is 14.4. The van der Waals surface area contributed by atoms with Gasteiger partial charge in [0.2, 0.25) is 0 Å². The van der Waals surface area contributed by atoms with E-state index in [2.05, 4.69) is 22.4 Å². The minimum atomic E-state index is -0.175. The van der Waals surface area contributed by atoms with E-state index < -0.39 is 0 Å². The summed E-state index contributed by atoms with van der Waals surface area (Å²) in [4.78, 5) is 18.4. The van der Waals surface area contributed by atoms with E-state index in [1.54, 1.807) is 11.9 Å². The first-order valence-corrected chi connectivity index (χ1v) is 10.1. The second-order valence-electron chi connectivity index (χ2n) is 7.31. The number of nitrogens with zero attached hydrogens (tertiary/aromatic N) is 3. The molecular weight excluding hydrogens is 380 g/mol. The monoisotopic (exact) mass is 408 g/mol. The zero-order valence-corrected chi connectivity index (χ0v) is 17.9. The molecule has 0 saturated heterocycles. The quantitative estimate of drug-likeness (QED) is 0.592. The molecule has 1 N–H and O–H groups in total. The SMILES string of the molecule is CCc1ccc(OCc2nc(CCN(C)C(=O)Nc3cc(C)ccc3C)no2)cc1. The lowest BCUT2D eigenvalue weighted by atomic mass is 10.1. The third-order valence-electron chi connectivity index (χ3n) is 4.86. The van der Waals surface area contributed by atoms with Crippen molar-refractivity contribution in [3.8, 4) is 5.75 Å². The smallest absolute Gasteiger partial charge is 0.321 e. The Hall–Kier alpha value is -3.35. The van der Waals surface area contributed by atoms with Crippen LogP contribution >= 0.6 is 0 Å². The molecule has 0 aliphatic heterocycles. The topological polar surface area (TPSA) is 80.5 Å². The summed E-state index contributed by atoms with van der Waals surface area (Å²) < 4.78 is 10.9. The van der Waals surface area contributed by atoms with Crippen LogP contribution in [-0.4, -0.2) is 34.7 Å². The van der Waals surface area contributed by atoms with E-state index in [0.717, 1.165) is 29.0 Å². The van der Waals surface area contributed by atoms with Crippen molar-refractivity contribution in [2.24, 2.45) is 0 Å². The highest BCUT2D eigenvalue weighted by atomic mass is 16.5. The molecule has 0 radical (unpaired) electrons. The molecule has 0 fully saturated rings. The Bertz CT molecular complexity index is 982. The number of urea groups is 1. The second kappa shape index (κ2) is 9.91. The van der Waals surface area contributed by atoms with Crippen LogP contribution in [0.4, 0.5) is 10.5 Å². The van der Waals surface area contributed by atoms with Crippen LogP contribution in [0.25, 0.3) is 0 Å². The molecule has 0 spiro atoms. The van der Waals surface area contributed by atoms with Gasteiger partial charge in [-0.15, -0.1) is 0 Å². The third-order valence-corrected chi connectivity index (χ3v) is 4.86. The summed E-state index contributed by atoms with van der Waals surface area (Å²) in [7, 11) is 1.74. The fraction of sp³-hybridized carbons (Fsp3) is 0.348. The predicted octanol–water partition coefficient (Wildman–Crippen LogP) is 4.53. The van der Waals surface area contributed by atoms with Crippen molar-refractivity contribution in [2.45, 2.75) is 40.2 Å². The first kappa shape index (κ1) is 21.4. The Morgan fingerprint density at radius 1 is 1.17 bits per heavy atom. The van der Waals surface area contributed by atoms with Gasteiger partial charge in [-0.25, -0.2) is 4.79 Å². The van der Waals surface area contributed by atoms with Gasteiger partial charge in [-0.3, -0.25) is 0 Å². The van der Waals surface area contributed by atoms with Crippen molar-refractivity contribution in [2.75, 3.05) is 18.9 Å². The van der Waals surface area contributed by atoms with Gasteiger partial charge >= 0.3 is 6.03 Å². The standard InChI is InChI=1S/C23H28N4O3/c1-5-18-8-10-19(11-9-18)29-15-22-25-21(26-30-22)12-13-27(4)23(28)24-20-14-16(2)6-7-17(20)3/h6-11,14H,5,12-13,15H2,1-4H3,(H,24,28). The molecule has 0 atom stereocenters. The van der Waals surface area contributed by atoms with E-state index in [1.165, 1.54) is 5.56 Å². The summed E-state index contributed by atoms with van der Waals surface area (Å²) >= 11 is 0. The van der Waals surface area contributed by atoms with Crippen LogP contribution in [-0.2, 0) is 19.4 Å². The maximum atomic E-state index is 12.4. The number of carbonyl (C=O) groups is 1. The van der Waals surface area contributed by atoms with Crippen LogP contribution in [0, 0.1) is 13.8 Å². The zero-order valence-electron chi connectivity index (χ0n) is 17.9. The van der Waals surface area contributed by atoms with Crippen molar-refractivity contribution in [1.82, 2.24) is 15.0 Å². The van der Waals surface area contributed by atoms with E-state index in [4.69, 9.17) is 9.26 Å². The molecule has 2 amide bonds. The van der Waals surface area contributed by atoms with E-state index in [1.807, 2.05) is 56.3 Å². The lowest BCUT2D eigenvalue weighted by Gasteiger charge is -2.18. The van der Waals surface area contributed by atoms with Crippen molar-refractivity contribution in [3.63, 3.8) is 0 Å². The predicted molar refractivity (Wildman–Crippen MR) is 116 cm³/mol. The number of rotatable bonds is 8. The summed E-state index contributed by atoms with van der Waals surface area (Å²) in [5.74, 6) is 1.71. The van der Waals surface area contributed by atoms with Gasteiger partial charge in [-0.2, -0.15) is 4.98 Å². The summed E-state index contributed by atoms with van der Waals surface area (Å²) in [5, 5.41) is 6.91. The van der Waals surface area contributed by atoms with Gasteiger partial charge in [0.05, 0.1) is 0 Å². The van der Waals surface area contributed by atoms with Gasteiger partial charge in [-0.05, 0) is 55.2 Å². The summed E-state index contributed by atoms with van der Waals surface area (Å²) in [6, 6.07) is 13.7. The van der Waals surface area contributed by atoms with E-state index in [9.17, 15) is 4.79 Å². The van der Waals surface area contributed by atoms with Gasteiger partial charge in [0.15, 0.2) is 12.4 Å². The number of amides is 2. The van der Waals surface area contributed by atoms with E-state index in [-0.39, 0.29) is 12.6 Å². The molecule has 0 aliphatic rings. The highest BCUT2D eigenvalue weighted by Crippen LogP contribution is 2.17. The molecule has 3 aromatic rings. The third kappa shape index (κ3) is 5.83. The Balaban J connectivity index is 1.46. The maximum absolute atomic E-state index is 12.4. The lowest BCUT2D eigenvalue weighted by molar-refractivity contribution is 0.222. The number of carbonyl (C=O) groups excluding carboxylic acids is 1. The van der Waals surface area contributed by atoms with Gasteiger partial charge in [0.1, 0.15) is 5.75 Å². The van der Waals surface area contributed by atoms with Crippen LogP contribution in [0.5, 0.6) is 5.75 Å². The Kier molecular flexibility index (Phi) is 7.06. The number of anilines is 1. The number of nitrogens with one attached hydrogen (secondary N) is 1. The molecule has 7 nitrogen and oxygen atoms in total. The van der Waals surface area contributed by atoms with Crippen LogP contribution in [0.1, 0.15) is 35.3 Å². The fourth-order valence-corrected chi connectivity index (χ4v) is 2.87. The molecule has 0 bridgehead atoms. The Morgan fingerprint density at radius 3 is 2.67 bits per heavy atom. The average Bonchev–Trinajstić information content (AvgIpc) is 3.21. The number of aromatic nitrogens is 2. The zero-order chi connectivity index (χ0) is 21.5. The fourth-order valence-electron chi connectivity index (χ4n) is 2.87. The van der Waals surface area contributed by atoms with E-state index >= 15 is 0 Å². The summed E-state index contributed by atoms with van der Waals surface area (Å²) in [6.07, 6.45) is 1.48. The van der Waals surface area contributed by atoms with Crippen molar-refractivity contribution in [1.29, 1.82) is 0 Å². The number of hydrogen-bond acceptors (Lipinski definition) is 5. The summed E-state index contributed by atoms with van der Waals surface area (Å²) in [5.41, 5.74) is 4.20. The molecule has 0 unspecified atom stereocenters. The molecule has 30 heavy (non-hydrogen) atoms. The first-order valence-electron chi connectivity index (χ1n) is 10.1. The maximum Gasteiger partial charge on any atom is 0.321 e. The minimum Gasteiger partial charge on any atom is -0.484 e. The molecule has 0 aliphatic carbocycles. The van der Waals surface area contributed by atoms with Crippen LogP contribution < -0.4 is 10.1 Å². The molecule has 0 saturated carbocycles. The lowest BCUT2D eigenvalue weighted by Crippen LogP contribution is -2.33. The number of likely N-dealkylation sites (N-methyl/N-ethyl adjacent to an activating group) is 1. The van der Waals surface area contributed by atoms with Crippen molar-refractivity contribution in [3.05, 3.63) is 70.9 Å². The van der Waals surface area contributed by atoms with Crippen molar-refractivity contribution < 1.29 is 14.1 Å².